The highest BCUT2D eigenvalue weighted by Gasteiger charge is 2.09. The molecule has 0 spiro atoms. The quantitative estimate of drug-likeness (QED) is 0.813. The van der Waals surface area contributed by atoms with Crippen molar-refractivity contribution in [1.29, 1.82) is 0 Å². The van der Waals surface area contributed by atoms with Crippen molar-refractivity contribution in [1.82, 2.24) is 5.16 Å². The first-order valence-corrected chi connectivity index (χ1v) is 5.78. The molecule has 2 rings (SSSR count). The molecule has 0 amide bonds. The fourth-order valence-corrected chi connectivity index (χ4v) is 1.89. The summed E-state index contributed by atoms with van der Waals surface area (Å²) in [5.74, 6) is 1.13. The van der Waals surface area contributed by atoms with E-state index < -0.39 is 0 Å². The number of para-hydroxylation sites is 1. The van der Waals surface area contributed by atoms with Crippen LogP contribution < -0.4 is 4.74 Å². The number of hydrogen-bond donors (Lipinski definition) is 0. The fourth-order valence-electron chi connectivity index (χ4n) is 1.40. The normalized spacial score (nSPS) is 10.2. The van der Waals surface area contributed by atoms with E-state index in [1.54, 1.807) is 18.2 Å². The molecule has 0 aliphatic carbocycles. The molecule has 2 aromatic rings. The number of benzene rings is 1. The van der Waals surface area contributed by atoms with E-state index in [0.29, 0.717) is 17.1 Å². The molecule has 0 saturated carbocycles. The van der Waals surface area contributed by atoms with E-state index in [2.05, 4.69) is 21.1 Å². The first kappa shape index (κ1) is 11.9. The minimum absolute atomic E-state index is 0.240. The van der Waals surface area contributed by atoms with Crippen LogP contribution in [0.25, 0.3) is 0 Å². The maximum Gasteiger partial charge on any atom is 0.174 e. The van der Waals surface area contributed by atoms with Crippen LogP contribution in [0.4, 0.5) is 0 Å². The lowest BCUT2D eigenvalue weighted by molar-refractivity contribution is 0.111. The lowest BCUT2D eigenvalue weighted by Crippen LogP contribution is -1.98. The number of ether oxygens (including phenoxy) is 1. The zero-order valence-corrected chi connectivity index (χ0v) is 10.7. The number of nitrogens with zero attached hydrogens (tertiary/aromatic N) is 1. The predicted molar refractivity (Wildman–Crippen MR) is 65.1 cm³/mol. The number of hydrogen-bond acceptors (Lipinski definition) is 4. The Labute approximate surface area is 107 Å². The Morgan fingerprint density at radius 2 is 2.35 bits per heavy atom. The average Bonchev–Trinajstić information content (AvgIpc) is 2.73. The maximum absolute atomic E-state index is 10.9. The van der Waals surface area contributed by atoms with Crippen LogP contribution in [0.15, 0.2) is 33.3 Å². The number of aryl methyl sites for hydroxylation is 1. The molecule has 0 radical (unpaired) electrons. The van der Waals surface area contributed by atoms with Crippen LogP contribution in [0.5, 0.6) is 5.75 Å². The molecular weight excluding hydrogens is 286 g/mol. The summed E-state index contributed by atoms with van der Waals surface area (Å²) in [7, 11) is 0. The van der Waals surface area contributed by atoms with Crippen molar-refractivity contribution < 1.29 is 14.1 Å². The summed E-state index contributed by atoms with van der Waals surface area (Å²) < 4.78 is 11.3. The van der Waals surface area contributed by atoms with E-state index in [4.69, 9.17) is 9.26 Å². The van der Waals surface area contributed by atoms with Gasteiger partial charge in [-0.15, -0.1) is 0 Å². The monoisotopic (exact) mass is 295 g/mol. The number of halogens is 1. The molecule has 0 N–H and O–H groups in total. The minimum atomic E-state index is 0.240. The molecule has 0 saturated heterocycles. The van der Waals surface area contributed by atoms with Gasteiger partial charge in [-0.05, 0) is 35.0 Å². The van der Waals surface area contributed by atoms with E-state index >= 15 is 0 Å². The van der Waals surface area contributed by atoms with Crippen LogP contribution in [0.3, 0.4) is 0 Å². The average molecular weight is 296 g/mol. The van der Waals surface area contributed by atoms with Crippen molar-refractivity contribution in [3.05, 3.63) is 45.8 Å². The van der Waals surface area contributed by atoms with Gasteiger partial charge in [-0.3, -0.25) is 4.79 Å². The molecule has 0 unspecified atom stereocenters. The molecule has 0 atom stereocenters. The third-order valence-corrected chi connectivity index (χ3v) is 2.78. The van der Waals surface area contributed by atoms with Crippen molar-refractivity contribution in [3.8, 4) is 5.75 Å². The van der Waals surface area contributed by atoms with Gasteiger partial charge in [0.05, 0.1) is 15.7 Å². The van der Waals surface area contributed by atoms with Crippen molar-refractivity contribution in [2.75, 3.05) is 0 Å². The van der Waals surface area contributed by atoms with Crippen molar-refractivity contribution in [2.24, 2.45) is 0 Å². The number of rotatable bonds is 4. The van der Waals surface area contributed by atoms with E-state index in [1.165, 1.54) is 0 Å². The molecule has 17 heavy (non-hydrogen) atoms. The Balaban J connectivity index is 2.16. The minimum Gasteiger partial charge on any atom is -0.484 e. The molecule has 0 bridgehead atoms. The van der Waals surface area contributed by atoms with Gasteiger partial charge in [-0.25, -0.2) is 0 Å². The van der Waals surface area contributed by atoms with Crippen LogP contribution in [-0.2, 0) is 6.61 Å². The second-order valence-corrected chi connectivity index (χ2v) is 4.35. The van der Waals surface area contributed by atoms with Gasteiger partial charge in [0.2, 0.25) is 0 Å². The first-order chi connectivity index (χ1) is 8.20. The third-order valence-electron chi connectivity index (χ3n) is 2.16. The molecule has 0 aliphatic rings. The number of aldehydes is 1. The van der Waals surface area contributed by atoms with Crippen LogP contribution in [0.2, 0.25) is 0 Å². The fraction of sp³-hybridized carbons (Fsp3) is 0.167. The molecule has 1 aromatic heterocycles. The van der Waals surface area contributed by atoms with Gasteiger partial charge < -0.3 is 9.26 Å². The second-order valence-electron chi connectivity index (χ2n) is 3.50. The van der Waals surface area contributed by atoms with E-state index in [1.807, 2.05) is 13.0 Å². The van der Waals surface area contributed by atoms with Gasteiger partial charge in [0.15, 0.2) is 12.0 Å². The Bertz CT molecular complexity index is 536. The molecule has 4 nitrogen and oxygen atoms in total. The van der Waals surface area contributed by atoms with Crippen molar-refractivity contribution in [2.45, 2.75) is 13.5 Å². The lowest BCUT2D eigenvalue weighted by atomic mass is 10.2. The highest BCUT2D eigenvalue weighted by Crippen LogP contribution is 2.28. The zero-order valence-electron chi connectivity index (χ0n) is 9.14. The lowest BCUT2D eigenvalue weighted by Gasteiger charge is -2.08. The zero-order chi connectivity index (χ0) is 12.3. The van der Waals surface area contributed by atoms with Crippen LogP contribution in [-0.4, -0.2) is 11.4 Å². The van der Waals surface area contributed by atoms with Gasteiger partial charge in [-0.2, -0.15) is 0 Å². The number of carbonyl (C=O) groups excluding carboxylic acids is 1. The van der Waals surface area contributed by atoms with Gasteiger partial charge in [0.1, 0.15) is 12.4 Å². The van der Waals surface area contributed by atoms with Crippen molar-refractivity contribution in [3.63, 3.8) is 0 Å². The summed E-state index contributed by atoms with van der Waals surface area (Å²) in [6.07, 6.45) is 0.756. The Kier molecular flexibility index (Phi) is 3.58. The highest BCUT2D eigenvalue weighted by molar-refractivity contribution is 9.10. The Hall–Kier alpha value is -1.62. The summed E-state index contributed by atoms with van der Waals surface area (Å²) in [4.78, 5) is 10.9. The smallest absolute Gasteiger partial charge is 0.174 e. The summed E-state index contributed by atoms with van der Waals surface area (Å²) >= 11 is 3.34. The highest BCUT2D eigenvalue weighted by atomic mass is 79.9. The molecule has 0 fully saturated rings. The molecule has 0 aliphatic heterocycles. The van der Waals surface area contributed by atoms with E-state index in [0.717, 1.165) is 16.5 Å². The van der Waals surface area contributed by atoms with Crippen LogP contribution in [0, 0.1) is 6.92 Å². The van der Waals surface area contributed by atoms with E-state index in [-0.39, 0.29) is 6.61 Å². The molecule has 88 valence electrons. The molecule has 1 aromatic carbocycles. The Morgan fingerprint density at radius 3 is 3.00 bits per heavy atom. The largest absolute Gasteiger partial charge is 0.484 e. The van der Waals surface area contributed by atoms with E-state index in [9.17, 15) is 4.79 Å². The number of aromatic nitrogens is 1. The topological polar surface area (TPSA) is 52.3 Å². The van der Waals surface area contributed by atoms with Crippen molar-refractivity contribution >= 4 is 22.2 Å². The van der Waals surface area contributed by atoms with Gasteiger partial charge in [0.25, 0.3) is 0 Å². The Morgan fingerprint density at radius 1 is 1.53 bits per heavy atom. The summed E-state index contributed by atoms with van der Waals surface area (Å²) in [6.45, 7) is 2.08. The van der Waals surface area contributed by atoms with Gasteiger partial charge >= 0.3 is 0 Å². The maximum atomic E-state index is 10.9. The van der Waals surface area contributed by atoms with Crippen LogP contribution >= 0.6 is 15.9 Å². The molecule has 5 heteroatoms. The molecule has 1 heterocycles. The molecular formula is C12H10BrNO3. The summed E-state index contributed by atoms with van der Waals surface area (Å²) in [5, 5.41) is 3.76. The van der Waals surface area contributed by atoms with Gasteiger partial charge in [0, 0.05) is 6.07 Å². The number of carbonyl (C=O) groups is 1. The first-order valence-electron chi connectivity index (χ1n) is 4.99. The third kappa shape index (κ3) is 2.74. The standard InChI is InChI=1S/C12H10BrNO3/c1-8-5-10(17-14-8)7-16-12-9(6-15)3-2-4-11(12)13/h2-6H,7H2,1H3. The predicted octanol–water partition coefficient (Wildman–Crippen LogP) is 3.14. The second kappa shape index (κ2) is 5.14. The summed E-state index contributed by atoms with van der Waals surface area (Å²) in [5.41, 5.74) is 1.29. The summed E-state index contributed by atoms with van der Waals surface area (Å²) in [6, 6.07) is 7.07. The SMILES string of the molecule is Cc1cc(COc2c(Br)cccc2C=O)on1. The van der Waals surface area contributed by atoms with Gasteiger partial charge in [-0.1, -0.05) is 11.2 Å². The van der Waals surface area contributed by atoms with Crippen LogP contribution in [0.1, 0.15) is 21.8 Å².